The summed E-state index contributed by atoms with van der Waals surface area (Å²) in [6.07, 6.45) is 4.42. The van der Waals surface area contributed by atoms with Crippen LogP contribution in [0.2, 0.25) is 0 Å². The van der Waals surface area contributed by atoms with E-state index in [0.717, 1.165) is 36.0 Å². The molecule has 29 heavy (non-hydrogen) atoms. The normalized spacial score (nSPS) is 19.8. The lowest BCUT2D eigenvalue weighted by Gasteiger charge is -2.39. The Bertz CT molecular complexity index is 1080. The summed E-state index contributed by atoms with van der Waals surface area (Å²) in [6.45, 7) is 2.16. The van der Waals surface area contributed by atoms with Crippen LogP contribution in [0.4, 0.5) is 0 Å². The van der Waals surface area contributed by atoms with Crippen LogP contribution >= 0.6 is 0 Å². The van der Waals surface area contributed by atoms with Gasteiger partial charge in [-0.25, -0.2) is 16.8 Å². The summed E-state index contributed by atoms with van der Waals surface area (Å²) < 4.78 is 52.7. The molecule has 1 aliphatic carbocycles. The van der Waals surface area contributed by atoms with Gasteiger partial charge in [0.05, 0.1) is 15.4 Å². The zero-order valence-corrected chi connectivity index (χ0v) is 18.3. The van der Waals surface area contributed by atoms with E-state index in [1.54, 1.807) is 24.3 Å². The van der Waals surface area contributed by atoms with Gasteiger partial charge in [-0.3, -0.25) is 0 Å². The Morgan fingerprint density at radius 2 is 1.45 bits per heavy atom. The maximum absolute atomic E-state index is 12.9. The highest BCUT2D eigenvalue weighted by Crippen LogP contribution is 2.32. The van der Waals surface area contributed by atoms with Gasteiger partial charge in [0.15, 0.2) is 9.84 Å². The molecule has 0 amide bonds. The third-order valence-electron chi connectivity index (χ3n) is 6.14. The van der Waals surface area contributed by atoms with E-state index in [2.05, 4.69) is 6.07 Å². The van der Waals surface area contributed by atoms with Gasteiger partial charge in [-0.15, -0.1) is 0 Å². The first-order valence-electron chi connectivity index (χ1n) is 10.2. The molecule has 156 valence electrons. The second-order valence-corrected chi connectivity index (χ2v) is 12.6. The largest absolute Gasteiger partial charge is 0.243 e. The molecule has 0 bridgehead atoms. The van der Waals surface area contributed by atoms with E-state index in [4.69, 9.17) is 0 Å². The van der Waals surface area contributed by atoms with Crippen molar-refractivity contribution in [3.63, 3.8) is 0 Å². The molecule has 2 fully saturated rings. The van der Waals surface area contributed by atoms with Crippen LogP contribution in [0.1, 0.15) is 37.7 Å². The fourth-order valence-corrected chi connectivity index (χ4v) is 8.29. The predicted octanol–water partition coefficient (Wildman–Crippen LogP) is 3.78. The number of hydrogen-bond donors (Lipinski definition) is 0. The van der Waals surface area contributed by atoms with Gasteiger partial charge in [-0.2, -0.15) is 4.31 Å². The van der Waals surface area contributed by atoms with Crippen molar-refractivity contribution in [3.8, 4) is 11.1 Å². The van der Waals surface area contributed by atoms with Crippen LogP contribution in [0.25, 0.3) is 11.1 Å². The van der Waals surface area contributed by atoms with Crippen molar-refractivity contribution in [3.05, 3.63) is 54.1 Å². The molecular formula is C22H27NO4S2. The molecule has 4 rings (SSSR count). The topological polar surface area (TPSA) is 71.5 Å². The first kappa shape index (κ1) is 20.6. The third-order valence-corrected chi connectivity index (χ3v) is 10.6. The van der Waals surface area contributed by atoms with E-state index in [1.165, 1.54) is 4.31 Å². The maximum atomic E-state index is 12.9. The molecule has 0 spiro atoms. The monoisotopic (exact) mass is 433 g/mol. The van der Waals surface area contributed by atoms with Gasteiger partial charge in [-0.05, 0) is 43.0 Å². The number of sulfone groups is 1. The first-order chi connectivity index (χ1) is 13.8. The molecule has 5 nitrogen and oxygen atoms in total. The van der Waals surface area contributed by atoms with E-state index >= 15 is 0 Å². The molecule has 0 unspecified atom stereocenters. The average Bonchev–Trinajstić information content (AvgIpc) is 2.67. The van der Waals surface area contributed by atoms with E-state index in [-0.39, 0.29) is 23.2 Å². The van der Waals surface area contributed by atoms with Gasteiger partial charge in [-0.1, -0.05) is 61.2 Å². The van der Waals surface area contributed by atoms with Gasteiger partial charge in [0.2, 0.25) is 10.0 Å². The first-order valence-corrected chi connectivity index (χ1v) is 13.2. The van der Waals surface area contributed by atoms with Gasteiger partial charge >= 0.3 is 0 Å². The highest BCUT2D eigenvalue weighted by Gasteiger charge is 2.46. The van der Waals surface area contributed by atoms with Gasteiger partial charge in [0.1, 0.15) is 0 Å². The minimum absolute atomic E-state index is 0.0702. The van der Waals surface area contributed by atoms with Gasteiger partial charge < -0.3 is 0 Å². The summed E-state index contributed by atoms with van der Waals surface area (Å²) >= 11 is 0. The van der Waals surface area contributed by atoms with Crippen LogP contribution < -0.4 is 0 Å². The molecule has 0 atom stereocenters. The molecule has 0 N–H and O–H groups in total. The van der Waals surface area contributed by atoms with E-state index < -0.39 is 25.1 Å². The highest BCUT2D eigenvalue weighted by molar-refractivity contribution is 7.93. The van der Waals surface area contributed by atoms with Crippen LogP contribution in [0.5, 0.6) is 0 Å². The molecule has 7 heteroatoms. The molecule has 2 aromatic rings. The predicted molar refractivity (Wildman–Crippen MR) is 115 cm³/mol. The Labute approximate surface area is 173 Å². The Kier molecular flexibility index (Phi) is 5.57. The number of nitrogens with zero attached hydrogens (tertiary/aromatic N) is 1. The molecule has 1 saturated heterocycles. The zero-order valence-electron chi connectivity index (χ0n) is 16.6. The average molecular weight is 434 g/mol. The van der Waals surface area contributed by atoms with Crippen LogP contribution in [0, 0.1) is 6.92 Å². The molecule has 0 aromatic heterocycles. The molecule has 0 radical (unpaired) electrons. The molecule has 1 saturated carbocycles. The van der Waals surface area contributed by atoms with Crippen LogP contribution in [0.3, 0.4) is 0 Å². The molecule has 1 aliphatic heterocycles. The summed E-state index contributed by atoms with van der Waals surface area (Å²) in [6, 6.07) is 14.9. The smallest absolute Gasteiger partial charge is 0.228 e. The summed E-state index contributed by atoms with van der Waals surface area (Å²) in [7, 11) is -6.92. The molecule has 2 aromatic carbocycles. The Hall–Kier alpha value is -1.70. The summed E-state index contributed by atoms with van der Waals surface area (Å²) in [5, 5.41) is -0.855. The van der Waals surface area contributed by atoms with Crippen LogP contribution in [-0.2, 0) is 19.9 Å². The van der Waals surface area contributed by atoms with Crippen molar-refractivity contribution in [1.82, 2.24) is 4.31 Å². The van der Waals surface area contributed by atoms with Crippen molar-refractivity contribution in [2.24, 2.45) is 0 Å². The SMILES string of the molecule is Cc1cccc(-c2ccc(S(=O)(=O)N3CC(S(=O)(=O)C4CCCCC4)C3)cc2)c1. The second-order valence-electron chi connectivity index (χ2n) is 8.19. The number of rotatable bonds is 5. The van der Waals surface area contributed by atoms with E-state index in [0.29, 0.717) is 12.8 Å². The zero-order chi connectivity index (χ0) is 20.6. The van der Waals surface area contributed by atoms with Crippen molar-refractivity contribution < 1.29 is 16.8 Å². The lowest BCUT2D eigenvalue weighted by molar-refractivity contribution is 0.306. The fourth-order valence-electron chi connectivity index (χ4n) is 4.26. The third kappa shape index (κ3) is 4.00. The summed E-state index contributed by atoms with van der Waals surface area (Å²) in [5.74, 6) is 0. The number of hydrogen-bond acceptors (Lipinski definition) is 4. The summed E-state index contributed by atoms with van der Waals surface area (Å²) in [5.41, 5.74) is 3.13. The standard InChI is InChI=1S/C22H27NO4S2/c1-17-6-5-7-19(14-17)18-10-12-21(13-11-18)29(26,27)23-15-22(16-23)28(24,25)20-8-3-2-4-9-20/h5-7,10-14,20,22H,2-4,8-9,15-16H2,1H3. The van der Waals surface area contributed by atoms with Crippen molar-refractivity contribution in [1.29, 1.82) is 0 Å². The van der Waals surface area contributed by atoms with Gasteiger partial charge in [0.25, 0.3) is 0 Å². The lowest BCUT2D eigenvalue weighted by atomic mass is 10.0. The van der Waals surface area contributed by atoms with E-state index in [1.807, 2.05) is 25.1 Å². The van der Waals surface area contributed by atoms with Crippen molar-refractivity contribution >= 4 is 19.9 Å². The van der Waals surface area contributed by atoms with Gasteiger partial charge in [0, 0.05) is 13.1 Å². The quantitative estimate of drug-likeness (QED) is 0.719. The molecular weight excluding hydrogens is 406 g/mol. The van der Waals surface area contributed by atoms with Crippen LogP contribution in [0.15, 0.2) is 53.4 Å². The Morgan fingerprint density at radius 1 is 0.793 bits per heavy atom. The van der Waals surface area contributed by atoms with Crippen molar-refractivity contribution in [2.75, 3.05) is 13.1 Å². The summed E-state index contributed by atoms with van der Waals surface area (Å²) in [4.78, 5) is 0.211. The number of benzene rings is 2. The number of sulfonamides is 1. The Balaban J connectivity index is 1.46. The highest BCUT2D eigenvalue weighted by atomic mass is 32.2. The minimum atomic E-state index is -3.66. The lowest BCUT2D eigenvalue weighted by Crippen LogP contribution is -2.58. The van der Waals surface area contributed by atoms with E-state index in [9.17, 15) is 16.8 Å². The minimum Gasteiger partial charge on any atom is -0.228 e. The molecule has 1 heterocycles. The fraction of sp³-hybridized carbons (Fsp3) is 0.455. The van der Waals surface area contributed by atoms with Crippen LogP contribution in [-0.4, -0.2) is 44.7 Å². The Morgan fingerprint density at radius 3 is 2.07 bits per heavy atom. The molecule has 2 aliphatic rings. The second kappa shape index (κ2) is 7.85. The number of aryl methyl sites for hydroxylation is 1. The maximum Gasteiger partial charge on any atom is 0.243 e. The van der Waals surface area contributed by atoms with Crippen molar-refractivity contribution in [2.45, 2.75) is 54.4 Å².